The largest absolute Gasteiger partial charge is 0.435 e. The molecule has 4 rings (SSSR count). The lowest BCUT2D eigenvalue weighted by Crippen LogP contribution is -2.25. The molecule has 1 saturated carbocycles. The van der Waals surface area contributed by atoms with Crippen LogP contribution in [-0.4, -0.2) is 33.8 Å². The summed E-state index contributed by atoms with van der Waals surface area (Å²) in [4.78, 5) is 13.8. The molecule has 2 heterocycles. The molecule has 1 aliphatic rings. The van der Waals surface area contributed by atoms with Gasteiger partial charge in [-0.05, 0) is 54.8 Å². The highest BCUT2D eigenvalue weighted by molar-refractivity contribution is 7.17. The van der Waals surface area contributed by atoms with Crippen molar-refractivity contribution in [1.29, 1.82) is 0 Å². The fraction of sp³-hybridized carbons (Fsp3) is 0.316. The first kappa shape index (κ1) is 18.5. The van der Waals surface area contributed by atoms with E-state index in [0.29, 0.717) is 23.9 Å². The number of carbonyl (C=O) groups is 1. The SMILES string of the molecule is O=C(NCCc1nncn1C1CC1)c1ccc(-c2ccc(OC(F)F)cc2)s1. The van der Waals surface area contributed by atoms with E-state index >= 15 is 0 Å². The highest BCUT2D eigenvalue weighted by Gasteiger charge is 2.25. The van der Waals surface area contributed by atoms with Crippen LogP contribution < -0.4 is 10.1 Å². The van der Waals surface area contributed by atoms with Gasteiger partial charge in [0, 0.05) is 23.9 Å². The molecule has 6 nitrogen and oxygen atoms in total. The third-order valence-corrected chi connectivity index (χ3v) is 5.55. The molecule has 0 radical (unpaired) electrons. The lowest BCUT2D eigenvalue weighted by Gasteiger charge is -2.06. The maximum atomic E-state index is 12.4. The zero-order valence-electron chi connectivity index (χ0n) is 14.8. The molecule has 9 heteroatoms. The van der Waals surface area contributed by atoms with Gasteiger partial charge in [0.2, 0.25) is 0 Å². The molecule has 3 aromatic rings. The minimum absolute atomic E-state index is 0.104. The van der Waals surface area contributed by atoms with Crippen molar-refractivity contribution >= 4 is 17.2 Å². The number of aromatic nitrogens is 3. The Balaban J connectivity index is 1.33. The van der Waals surface area contributed by atoms with Crippen LogP contribution in [0, 0.1) is 0 Å². The van der Waals surface area contributed by atoms with Crippen LogP contribution in [0.25, 0.3) is 10.4 Å². The normalized spacial score (nSPS) is 13.7. The summed E-state index contributed by atoms with van der Waals surface area (Å²) in [7, 11) is 0. The summed E-state index contributed by atoms with van der Waals surface area (Å²) >= 11 is 1.35. The van der Waals surface area contributed by atoms with E-state index < -0.39 is 6.61 Å². The molecule has 0 spiro atoms. The second kappa shape index (κ2) is 8.05. The number of rotatable bonds is 8. The van der Waals surface area contributed by atoms with Gasteiger partial charge in [0.05, 0.1) is 4.88 Å². The number of ether oxygens (including phenoxy) is 1. The van der Waals surface area contributed by atoms with E-state index in [1.54, 1.807) is 24.5 Å². The maximum absolute atomic E-state index is 12.4. The molecule has 0 unspecified atom stereocenters. The first-order valence-corrected chi connectivity index (χ1v) is 9.73. The number of hydrogen-bond acceptors (Lipinski definition) is 5. The van der Waals surface area contributed by atoms with Crippen LogP contribution in [-0.2, 0) is 6.42 Å². The Kier molecular flexibility index (Phi) is 5.34. The van der Waals surface area contributed by atoms with E-state index in [4.69, 9.17) is 0 Å². The van der Waals surface area contributed by atoms with Gasteiger partial charge in [-0.3, -0.25) is 4.79 Å². The minimum Gasteiger partial charge on any atom is -0.435 e. The first-order valence-electron chi connectivity index (χ1n) is 8.92. The van der Waals surface area contributed by atoms with Crippen molar-refractivity contribution < 1.29 is 18.3 Å². The summed E-state index contributed by atoms with van der Waals surface area (Å²) < 4.78 is 30.9. The lowest BCUT2D eigenvalue weighted by atomic mass is 10.2. The van der Waals surface area contributed by atoms with Crippen molar-refractivity contribution in [2.75, 3.05) is 6.54 Å². The Hall–Kier alpha value is -2.81. The third kappa shape index (κ3) is 4.36. The van der Waals surface area contributed by atoms with Crippen LogP contribution in [0.2, 0.25) is 0 Å². The summed E-state index contributed by atoms with van der Waals surface area (Å²) in [5, 5.41) is 11.0. The van der Waals surface area contributed by atoms with Crippen LogP contribution in [0.5, 0.6) is 5.75 Å². The number of carbonyl (C=O) groups excluding carboxylic acids is 1. The van der Waals surface area contributed by atoms with Gasteiger partial charge in [0.1, 0.15) is 17.9 Å². The molecule has 28 heavy (non-hydrogen) atoms. The molecular weight excluding hydrogens is 386 g/mol. The zero-order valence-corrected chi connectivity index (χ0v) is 15.7. The molecule has 0 aliphatic heterocycles. The third-order valence-electron chi connectivity index (χ3n) is 4.42. The number of alkyl halides is 2. The zero-order chi connectivity index (χ0) is 19.5. The van der Waals surface area contributed by atoms with Crippen LogP contribution in [0.4, 0.5) is 8.78 Å². The highest BCUT2D eigenvalue weighted by atomic mass is 32.1. The number of nitrogens with one attached hydrogen (secondary N) is 1. The molecule has 1 N–H and O–H groups in total. The molecule has 146 valence electrons. The van der Waals surface area contributed by atoms with Gasteiger partial charge >= 0.3 is 6.61 Å². The molecular formula is C19H18F2N4O2S. The Bertz CT molecular complexity index is 951. The van der Waals surface area contributed by atoms with Crippen molar-refractivity contribution in [2.24, 2.45) is 0 Å². The number of nitrogens with zero attached hydrogens (tertiary/aromatic N) is 3. The lowest BCUT2D eigenvalue weighted by molar-refractivity contribution is -0.0498. The Morgan fingerprint density at radius 2 is 2.04 bits per heavy atom. The number of halogens is 2. The molecule has 2 aromatic heterocycles. The van der Waals surface area contributed by atoms with Crippen LogP contribution in [0.15, 0.2) is 42.7 Å². The fourth-order valence-electron chi connectivity index (χ4n) is 2.89. The maximum Gasteiger partial charge on any atom is 0.387 e. The van der Waals surface area contributed by atoms with Gasteiger partial charge in [-0.15, -0.1) is 21.5 Å². The summed E-state index contributed by atoms with van der Waals surface area (Å²) in [6.07, 6.45) is 4.69. The summed E-state index contributed by atoms with van der Waals surface area (Å²) in [5.74, 6) is 0.847. The predicted octanol–water partition coefficient (Wildman–Crippen LogP) is 3.92. The van der Waals surface area contributed by atoms with E-state index in [1.165, 1.54) is 23.5 Å². The van der Waals surface area contributed by atoms with Crippen molar-refractivity contribution in [3.8, 4) is 16.2 Å². The monoisotopic (exact) mass is 404 g/mol. The smallest absolute Gasteiger partial charge is 0.387 e. The quantitative estimate of drug-likeness (QED) is 0.618. The van der Waals surface area contributed by atoms with E-state index in [-0.39, 0.29) is 11.7 Å². The van der Waals surface area contributed by atoms with Gasteiger partial charge in [-0.25, -0.2) is 0 Å². The van der Waals surface area contributed by atoms with Crippen molar-refractivity contribution in [1.82, 2.24) is 20.1 Å². The number of hydrogen-bond donors (Lipinski definition) is 1. The highest BCUT2D eigenvalue weighted by Crippen LogP contribution is 2.35. The van der Waals surface area contributed by atoms with Crippen LogP contribution in [0.1, 0.15) is 34.4 Å². The molecule has 0 atom stereocenters. The molecule has 1 amide bonds. The van der Waals surface area contributed by atoms with Gasteiger partial charge in [-0.2, -0.15) is 8.78 Å². The average Bonchev–Trinajstić information content (AvgIpc) is 3.21. The number of thiophene rings is 1. The van der Waals surface area contributed by atoms with E-state index in [0.717, 1.165) is 29.1 Å². The Labute approximate surface area is 164 Å². The Morgan fingerprint density at radius 3 is 2.75 bits per heavy atom. The molecule has 0 bridgehead atoms. The molecule has 1 fully saturated rings. The van der Waals surface area contributed by atoms with Gasteiger partial charge in [0.25, 0.3) is 5.91 Å². The summed E-state index contributed by atoms with van der Waals surface area (Å²) in [5.41, 5.74) is 0.836. The van der Waals surface area contributed by atoms with Gasteiger partial charge < -0.3 is 14.6 Å². The van der Waals surface area contributed by atoms with Crippen LogP contribution in [0.3, 0.4) is 0 Å². The molecule has 1 aliphatic carbocycles. The second-order valence-electron chi connectivity index (χ2n) is 6.46. The topological polar surface area (TPSA) is 69.0 Å². The standard InChI is InChI=1S/C19H18F2N4O2S/c20-19(21)27-14-5-1-12(2-6-14)15-7-8-16(28-15)18(26)22-10-9-17-24-23-11-25(17)13-3-4-13/h1-2,5-8,11,13,19H,3-4,9-10H2,(H,22,26). The van der Waals surface area contributed by atoms with Gasteiger partial charge in [0.15, 0.2) is 0 Å². The molecule has 1 aromatic carbocycles. The first-order chi connectivity index (χ1) is 13.6. The van der Waals surface area contributed by atoms with Crippen molar-refractivity contribution in [3.05, 3.63) is 53.4 Å². The van der Waals surface area contributed by atoms with E-state index in [2.05, 4.69) is 24.8 Å². The van der Waals surface area contributed by atoms with E-state index in [9.17, 15) is 13.6 Å². The second-order valence-corrected chi connectivity index (χ2v) is 7.54. The average molecular weight is 404 g/mol. The van der Waals surface area contributed by atoms with Crippen molar-refractivity contribution in [3.63, 3.8) is 0 Å². The van der Waals surface area contributed by atoms with Crippen molar-refractivity contribution in [2.45, 2.75) is 31.9 Å². The number of amides is 1. The van der Waals surface area contributed by atoms with E-state index in [1.807, 2.05) is 6.07 Å². The predicted molar refractivity (Wildman–Crippen MR) is 101 cm³/mol. The summed E-state index contributed by atoms with van der Waals surface area (Å²) in [6.45, 7) is -2.36. The van der Waals surface area contributed by atoms with Gasteiger partial charge in [-0.1, -0.05) is 0 Å². The Morgan fingerprint density at radius 1 is 1.25 bits per heavy atom. The van der Waals surface area contributed by atoms with Crippen LogP contribution >= 0.6 is 11.3 Å². The fourth-order valence-corrected chi connectivity index (χ4v) is 3.82. The summed E-state index contributed by atoms with van der Waals surface area (Å²) in [6, 6.07) is 10.5. The number of benzene rings is 1. The molecule has 0 saturated heterocycles. The minimum atomic E-state index is -2.85.